The number of para-hydroxylation sites is 1. The van der Waals surface area contributed by atoms with Gasteiger partial charge in [0.05, 0.1) is 24.1 Å². The maximum atomic E-state index is 13.0. The van der Waals surface area contributed by atoms with Crippen LogP contribution in [-0.4, -0.2) is 33.3 Å². The van der Waals surface area contributed by atoms with E-state index in [9.17, 15) is 14.9 Å². The molecule has 1 aliphatic heterocycles. The third-order valence-corrected chi connectivity index (χ3v) is 6.40. The number of fused-ring (bicyclic) bond motifs is 1. The normalized spacial score (nSPS) is 17.5. The van der Waals surface area contributed by atoms with Crippen LogP contribution in [-0.2, 0) is 9.53 Å². The minimum Gasteiger partial charge on any atom is -0.461 e. The Kier molecular flexibility index (Phi) is 6.19. The number of nitrogens with one attached hydrogen (secondary N) is 1. The van der Waals surface area contributed by atoms with Crippen LogP contribution in [0.5, 0.6) is 0 Å². The van der Waals surface area contributed by atoms with Gasteiger partial charge in [-0.2, -0.15) is 10.4 Å². The van der Waals surface area contributed by atoms with Crippen molar-refractivity contribution in [3.05, 3.63) is 90.3 Å². The molecule has 0 unspecified atom stereocenters. The first-order valence-corrected chi connectivity index (χ1v) is 11.8. The number of carbonyl (C=O) groups excluding carboxylic acids is 2. The zero-order valence-corrected chi connectivity index (χ0v) is 20.1. The fourth-order valence-electron chi connectivity index (χ4n) is 4.33. The summed E-state index contributed by atoms with van der Waals surface area (Å²) in [6.45, 7) is 1.87. The fourth-order valence-corrected chi connectivity index (χ4v) is 4.69. The summed E-state index contributed by atoms with van der Waals surface area (Å²) in [5, 5.41) is 19.0. The van der Waals surface area contributed by atoms with Crippen molar-refractivity contribution in [1.29, 1.82) is 5.26 Å². The predicted octanol–water partition coefficient (Wildman–Crippen LogP) is 4.30. The van der Waals surface area contributed by atoms with E-state index < -0.39 is 24.0 Å². The third kappa shape index (κ3) is 3.97. The molecule has 1 N–H and O–H groups in total. The summed E-state index contributed by atoms with van der Waals surface area (Å²) in [5.74, 6) is -2.32. The Morgan fingerprint density at radius 2 is 1.83 bits per heavy atom. The Morgan fingerprint density at radius 3 is 2.58 bits per heavy atom. The molecule has 0 aliphatic carbocycles. The molecule has 0 radical (unpaired) electrons. The van der Waals surface area contributed by atoms with E-state index in [-0.39, 0.29) is 17.3 Å². The summed E-state index contributed by atoms with van der Waals surface area (Å²) in [7, 11) is 0. The van der Waals surface area contributed by atoms with Crippen molar-refractivity contribution in [2.75, 3.05) is 11.5 Å². The summed E-state index contributed by atoms with van der Waals surface area (Å²) in [6, 6.07) is 24.8. The molecule has 36 heavy (non-hydrogen) atoms. The van der Waals surface area contributed by atoms with Crippen LogP contribution < -0.4 is 10.2 Å². The number of nitrogens with zero attached hydrogens (tertiary/aromatic N) is 4. The van der Waals surface area contributed by atoms with Crippen molar-refractivity contribution >= 4 is 45.5 Å². The van der Waals surface area contributed by atoms with Gasteiger partial charge in [0.15, 0.2) is 11.6 Å². The number of carbonyl (C=O) groups is 2. The van der Waals surface area contributed by atoms with Gasteiger partial charge < -0.3 is 15.0 Å². The highest BCUT2D eigenvalue weighted by atomic mass is 32.1. The number of ether oxygens (including phenoxy) is 1. The zero-order chi connectivity index (χ0) is 25.2. The molecule has 1 saturated heterocycles. The molecular weight excluding hydrogens is 474 g/mol. The smallest absolute Gasteiger partial charge is 0.359 e. The molecule has 1 aromatic heterocycles. The van der Waals surface area contributed by atoms with Gasteiger partial charge in [0.1, 0.15) is 11.2 Å². The van der Waals surface area contributed by atoms with E-state index in [2.05, 4.69) is 10.4 Å². The second-order valence-corrected chi connectivity index (χ2v) is 8.53. The standard InChI is InChI=1S/C27H21N5O3S/c1-2-35-27(34)23-21(16-31(30-23)18-11-4-3-5-12-18)24-29-25(33)20(15-28)26(36)32(24)22-14-8-10-17-9-6-7-13-19(17)22/h3-14,16,20,24H,2H2,1H3,(H,29,33)/t20-,24+/m0/s1. The second kappa shape index (κ2) is 9.60. The minimum absolute atomic E-state index is 0.0504. The Balaban J connectivity index is 1.72. The average Bonchev–Trinajstić information content (AvgIpc) is 3.35. The minimum atomic E-state index is -1.16. The van der Waals surface area contributed by atoms with E-state index >= 15 is 0 Å². The van der Waals surface area contributed by atoms with Crippen LogP contribution in [0.4, 0.5) is 5.69 Å². The number of anilines is 1. The Labute approximate surface area is 212 Å². The summed E-state index contributed by atoms with van der Waals surface area (Å²) in [6.07, 6.45) is 0.789. The van der Waals surface area contributed by atoms with Crippen LogP contribution in [0.25, 0.3) is 16.5 Å². The topological polar surface area (TPSA) is 100 Å². The number of thiocarbonyl (C=S) groups is 1. The maximum absolute atomic E-state index is 13.0. The number of nitriles is 1. The van der Waals surface area contributed by atoms with Crippen molar-refractivity contribution in [2.24, 2.45) is 5.92 Å². The molecule has 5 rings (SSSR count). The van der Waals surface area contributed by atoms with Gasteiger partial charge in [-0.1, -0.05) is 66.8 Å². The first-order valence-electron chi connectivity index (χ1n) is 11.4. The molecule has 2 atom stereocenters. The molecule has 1 amide bonds. The first kappa shape index (κ1) is 23.2. The molecule has 3 aromatic carbocycles. The van der Waals surface area contributed by atoms with Gasteiger partial charge in [0, 0.05) is 17.1 Å². The molecular formula is C27H21N5O3S. The lowest BCUT2D eigenvalue weighted by Crippen LogP contribution is -2.56. The monoisotopic (exact) mass is 495 g/mol. The van der Waals surface area contributed by atoms with Gasteiger partial charge in [-0.15, -0.1) is 0 Å². The van der Waals surface area contributed by atoms with Crippen LogP contribution in [0, 0.1) is 17.2 Å². The molecule has 9 heteroatoms. The quantitative estimate of drug-likeness (QED) is 0.325. The molecule has 178 valence electrons. The predicted molar refractivity (Wildman–Crippen MR) is 139 cm³/mol. The van der Waals surface area contributed by atoms with E-state index in [1.165, 1.54) is 0 Å². The van der Waals surface area contributed by atoms with Gasteiger partial charge in [-0.25, -0.2) is 9.48 Å². The Hall–Kier alpha value is -4.55. The summed E-state index contributed by atoms with van der Waals surface area (Å²) in [5.41, 5.74) is 1.88. The molecule has 0 spiro atoms. The molecule has 2 heterocycles. The van der Waals surface area contributed by atoms with Crippen molar-refractivity contribution in [1.82, 2.24) is 15.1 Å². The molecule has 1 aliphatic rings. The Bertz CT molecular complexity index is 1520. The molecule has 8 nitrogen and oxygen atoms in total. The number of hydrogen-bond donors (Lipinski definition) is 1. The van der Waals surface area contributed by atoms with E-state index in [0.29, 0.717) is 11.3 Å². The molecule has 4 aromatic rings. The number of rotatable bonds is 5. The lowest BCUT2D eigenvalue weighted by atomic mass is 9.99. The van der Waals surface area contributed by atoms with Crippen LogP contribution in [0.2, 0.25) is 0 Å². The van der Waals surface area contributed by atoms with E-state index in [1.807, 2.05) is 78.9 Å². The highest BCUT2D eigenvalue weighted by Crippen LogP contribution is 2.37. The Morgan fingerprint density at radius 1 is 1.11 bits per heavy atom. The largest absolute Gasteiger partial charge is 0.461 e. The molecule has 0 saturated carbocycles. The number of esters is 1. The highest BCUT2D eigenvalue weighted by Gasteiger charge is 2.42. The van der Waals surface area contributed by atoms with Gasteiger partial charge >= 0.3 is 5.97 Å². The van der Waals surface area contributed by atoms with E-state index in [1.54, 1.807) is 22.7 Å². The summed E-state index contributed by atoms with van der Waals surface area (Å²) < 4.78 is 6.85. The van der Waals surface area contributed by atoms with Crippen molar-refractivity contribution in [2.45, 2.75) is 13.1 Å². The first-order chi connectivity index (χ1) is 17.5. The maximum Gasteiger partial charge on any atom is 0.359 e. The van der Waals surface area contributed by atoms with Crippen molar-refractivity contribution < 1.29 is 14.3 Å². The van der Waals surface area contributed by atoms with Gasteiger partial charge in [0.2, 0.25) is 5.91 Å². The van der Waals surface area contributed by atoms with Crippen LogP contribution in [0.1, 0.15) is 29.1 Å². The molecule has 0 bridgehead atoms. The number of aromatic nitrogens is 2. The number of benzene rings is 3. The second-order valence-electron chi connectivity index (χ2n) is 8.11. The lowest BCUT2D eigenvalue weighted by molar-refractivity contribution is -0.123. The molecule has 1 fully saturated rings. The SMILES string of the molecule is CCOC(=O)c1nn(-c2ccccc2)cc1[C@@H]1NC(=O)[C@H](C#N)C(=S)N1c1cccc2ccccc12. The highest BCUT2D eigenvalue weighted by molar-refractivity contribution is 7.80. The summed E-state index contributed by atoms with van der Waals surface area (Å²) >= 11 is 5.71. The van der Waals surface area contributed by atoms with Crippen LogP contribution in [0.15, 0.2) is 79.0 Å². The van der Waals surface area contributed by atoms with Gasteiger partial charge in [-0.05, 0) is 30.5 Å². The van der Waals surface area contributed by atoms with Crippen molar-refractivity contribution in [3.63, 3.8) is 0 Å². The van der Waals surface area contributed by atoms with Gasteiger partial charge in [-0.3, -0.25) is 4.79 Å². The third-order valence-electron chi connectivity index (χ3n) is 5.97. The van der Waals surface area contributed by atoms with Crippen molar-refractivity contribution in [3.8, 4) is 11.8 Å². The van der Waals surface area contributed by atoms with E-state index in [4.69, 9.17) is 17.0 Å². The van der Waals surface area contributed by atoms with E-state index in [0.717, 1.165) is 16.5 Å². The summed E-state index contributed by atoms with van der Waals surface area (Å²) in [4.78, 5) is 27.8. The van der Waals surface area contributed by atoms with Gasteiger partial charge in [0.25, 0.3) is 0 Å². The number of hydrogen-bond acceptors (Lipinski definition) is 6. The lowest BCUT2D eigenvalue weighted by Gasteiger charge is -2.40. The number of amides is 1. The van der Waals surface area contributed by atoms with Crippen LogP contribution >= 0.6 is 12.2 Å². The van der Waals surface area contributed by atoms with Crippen LogP contribution in [0.3, 0.4) is 0 Å². The zero-order valence-electron chi connectivity index (χ0n) is 19.3. The fraction of sp³-hybridized carbons (Fsp3) is 0.148. The average molecular weight is 496 g/mol.